The summed E-state index contributed by atoms with van der Waals surface area (Å²) in [6.45, 7) is 7.65. The van der Waals surface area contributed by atoms with E-state index in [1.165, 1.54) is 103 Å². The highest BCUT2D eigenvalue weighted by molar-refractivity contribution is 4.83. The molecular formula is C19H38N2. The third-order valence-electron chi connectivity index (χ3n) is 5.20. The van der Waals surface area contributed by atoms with E-state index in [0.29, 0.717) is 0 Å². The normalized spacial score (nSPS) is 23.6. The molecular weight excluding hydrogens is 256 g/mol. The van der Waals surface area contributed by atoms with Crippen molar-refractivity contribution in [3.05, 3.63) is 0 Å². The minimum atomic E-state index is 0.882. The quantitative estimate of drug-likeness (QED) is 0.530. The standard InChI is InChI=1S/C19H38N2/c1-2-3-4-5-6-7-8-9-14-21-15-10-11-18(17-21)16-20-19-12-13-19/h18-20H,2-17H2,1H3. The number of unbranched alkanes of at least 4 members (excludes halogenated alkanes) is 7. The molecule has 2 aliphatic rings. The molecule has 1 unspecified atom stereocenters. The molecule has 2 nitrogen and oxygen atoms in total. The Kier molecular flexibility index (Phi) is 8.73. The van der Waals surface area contributed by atoms with Gasteiger partial charge in [0.25, 0.3) is 0 Å². The molecule has 0 radical (unpaired) electrons. The molecule has 0 amide bonds. The zero-order chi connectivity index (χ0) is 14.8. The van der Waals surface area contributed by atoms with Crippen LogP contribution in [-0.4, -0.2) is 37.1 Å². The van der Waals surface area contributed by atoms with Crippen LogP contribution in [0.15, 0.2) is 0 Å². The zero-order valence-corrected chi connectivity index (χ0v) is 14.4. The molecule has 1 atom stereocenters. The Bertz CT molecular complexity index is 250. The molecule has 21 heavy (non-hydrogen) atoms. The fourth-order valence-electron chi connectivity index (χ4n) is 3.61. The number of rotatable bonds is 12. The smallest absolute Gasteiger partial charge is 0.00683 e. The van der Waals surface area contributed by atoms with Gasteiger partial charge in [-0.15, -0.1) is 0 Å². The van der Waals surface area contributed by atoms with Gasteiger partial charge in [-0.05, 0) is 57.7 Å². The summed E-state index contributed by atoms with van der Waals surface area (Å²) in [5, 5.41) is 3.72. The highest BCUT2D eigenvalue weighted by Gasteiger charge is 2.24. The molecule has 0 spiro atoms. The van der Waals surface area contributed by atoms with Crippen molar-refractivity contribution in [1.82, 2.24) is 10.2 Å². The molecule has 1 aliphatic heterocycles. The minimum absolute atomic E-state index is 0.882. The molecule has 124 valence electrons. The van der Waals surface area contributed by atoms with Crippen molar-refractivity contribution in [3.63, 3.8) is 0 Å². The maximum absolute atomic E-state index is 3.72. The number of hydrogen-bond acceptors (Lipinski definition) is 2. The van der Waals surface area contributed by atoms with E-state index in [4.69, 9.17) is 0 Å². The molecule has 1 N–H and O–H groups in total. The Morgan fingerprint density at radius 1 is 0.905 bits per heavy atom. The highest BCUT2D eigenvalue weighted by Crippen LogP contribution is 2.21. The Labute approximate surface area is 133 Å². The van der Waals surface area contributed by atoms with E-state index in [0.717, 1.165) is 12.0 Å². The minimum Gasteiger partial charge on any atom is -0.314 e. The second kappa shape index (κ2) is 10.6. The average molecular weight is 295 g/mol. The van der Waals surface area contributed by atoms with Gasteiger partial charge in [0.15, 0.2) is 0 Å². The Morgan fingerprint density at radius 2 is 1.62 bits per heavy atom. The SMILES string of the molecule is CCCCCCCCCCN1CCCC(CNC2CC2)C1. The molecule has 1 saturated heterocycles. The average Bonchev–Trinajstić information content (AvgIpc) is 3.33. The number of nitrogens with one attached hydrogen (secondary N) is 1. The fraction of sp³-hybridized carbons (Fsp3) is 1.00. The van der Waals surface area contributed by atoms with Crippen LogP contribution in [0.2, 0.25) is 0 Å². The third kappa shape index (κ3) is 8.21. The van der Waals surface area contributed by atoms with Crippen molar-refractivity contribution >= 4 is 0 Å². The second-order valence-corrected chi connectivity index (χ2v) is 7.47. The number of likely N-dealkylation sites (tertiary alicyclic amines) is 1. The van der Waals surface area contributed by atoms with Crippen molar-refractivity contribution in [2.75, 3.05) is 26.2 Å². The van der Waals surface area contributed by atoms with E-state index in [2.05, 4.69) is 17.1 Å². The van der Waals surface area contributed by atoms with Crippen LogP contribution in [0.5, 0.6) is 0 Å². The summed E-state index contributed by atoms with van der Waals surface area (Å²) >= 11 is 0. The number of hydrogen-bond donors (Lipinski definition) is 1. The summed E-state index contributed by atoms with van der Waals surface area (Å²) in [4.78, 5) is 2.74. The largest absolute Gasteiger partial charge is 0.314 e. The van der Waals surface area contributed by atoms with Crippen molar-refractivity contribution in [2.24, 2.45) is 5.92 Å². The second-order valence-electron chi connectivity index (χ2n) is 7.47. The highest BCUT2D eigenvalue weighted by atomic mass is 15.1. The van der Waals surface area contributed by atoms with Gasteiger partial charge in [0.2, 0.25) is 0 Å². The van der Waals surface area contributed by atoms with Gasteiger partial charge in [-0.3, -0.25) is 0 Å². The predicted molar refractivity (Wildman–Crippen MR) is 92.8 cm³/mol. The van der Waals surface area contributed by atoms with E-state index in [1.54, 1.807) is 0 Å². The van der Waals surface area contributed by atoms with Gasteiger partial charge in [-0.1, -0.05) is 51.9 Å². The molecule has 2 fully saturated rings. The summed E-state index contributed by atoms with van der Waals surface area (Å²) in [5.74, 6) is 0.924. The van der Waals surface area contributed by atoms with Crippen LogP contribution in [0.1, 0.15) is 84.0 Å². The first-order valence-electron chi connectivity index (χ1n) is 9.84. The number of nitrogens with zero attached hydrogens (tertiary/aromatic N) is 1. The summed E-state index contributed by atoms with van der Waals surface area (Å²) in [6.07, 6.45) is 17.3. The van der Waals surface area contributed by atoms with Gasteiger partial charge >= 0.3 is 0 Å². The van der Waals surface area contributed by atoms with Crippen LogP contribution in [0.25, 0.3) is 0 Å². The van der Waals surface area contributed by atoms with Crippen molar-refractivity contribution in [1.29, 1.82) is 0 Å². The molecule has 0 aromatic heterocycles. The monoisotopic (exact) mass is 294 g/mol. The maximum atomic E-state index is 3.72. The van der Waals surface area contributed by atoms with E-state index in [1.807, 2.05) is 0 Å². The first-order chi connectivity index (χ1) is 10.4. The molecule has 0 aromatic rings. The van der Waals surface area contributed by atoms with Crippen LogP contribution in [0.4, 0.5) is 0 Å². The lowest BCUT2D eigenvalue weighted by atomic mass is 9.97. The molecule has 1 aliphatic carbocycles. The summed E-state index contributed by atoms with van der Waals surface area (Å²) in [6, 6.07) is 0.882. The van der Waals surface area contributed by atoms with E-state index in [-0.39, 0.29) is 0 Å². The van der Waals surface area contributed by atoms with Gasteiger partial charge in [-0.25, -0.2) is 0 Å². The van der Waals surface area contributed by atoms with Crippen LogP contribution < -0.4 is 5.32 Å². The van der Waals surface area contributed by atoms with Gasteiger partial charge < -0.3 is 10.2 Å². The van der Waals surface area contributed by atoms with Crippen molar-refractivity contribution in [2.45, 2.75) is 90.0 Å². The fourth-order valence-corrected chi connectivity index (χ4v) is 3.61. The van der Waals surface area contributed by atoms with Crippen LogP contribution in [-0.2, 0) is 0 Å². The molecule has 2 heteroatoms. The number of piperidine rings is 1. The lowest BCUT2D eigenvalue weighted by Gasteiger charge is -2.33. The maximum Gasteiger partial charge on any atom is 0.00683 e. The van der Waals surface area contributed by atoms with Gasteiger partial charge in [0.1, 0.15) is 0 Å². The van der Waals surface area contributed by atoms with E-state index < -0.39 is 0 Å². The zero-order valence-electron chi connectivity index (χ0n) is 14.4. The molecule has 0 aromatic carbocycles. The summed E-state index contributed by atoms with van der Waals surface area (Å²) in [5.41, 5.74) is 0. The molecule has 1 saturated carbocycles. The first-order valence-corrected chi connectivity index (χ1v) is 9.84. The van der Waals surface area contributed by atoms with Gasteiger partial charge in [-0.2, -0.15) is 0 Å². The Hall–Kier alpha value is -0.0800. The van der Waals surface area contributed by atoms with Crippen molar-refractivity contribution < 1.29 is 0 Å². The predicted octanol–water partition coefficient (Wildman–Crippen LogP) is 4.59. The van der Waals surface area contributed by atoms with E-state index in [9.17, 15) is 0 Å². The van der Waals surface area contributed by atoms with Crippen LogP contribution in [0, 0.1) is 5.92 Å². The molecule has 0 bridgehead atoms. The van der Waals surface area contributed by atoms with Gasteiger partial charge in [0.05, 0.1) is 0 Å². The topological polar surface area (TPSA) is 15.3 Å². The Morgan fingerprint density at radius 3 is 2.33 bits per heavy atom. The third-order valence-corrected chi connectivity index (χ3v) is 5.20. The lowest BCUT2D eigenvalue weighted by Crippen LogP contribution is -2.40. The first kappa shape index (κ1) is 17.3. The lowest BCUT2D eigenvalue weighted by molar-refractivity contribution is 0.169. The molecule has 2 rings (SSSR count). The van der Waals surface area contributed by atoms with E-state index >= 15 is 0 Å². The van der Waals surface area contributed by atoms with Crippen LogP contribution in [0.3, 0.4) is 0 Å². The molecule has 1 heterocycles. The Balaban J connectivity index is 1.42. The summed E-state index contributed by atoms with van der Waals surface area (Å²) < 4.78 is 0. The van der Waals surface area contributed by atoms with Gasteiger partial charge in [0, 0.05) is 12.6 Å². The van der Waals surface area contributed by atoms with Crippen LogP contribution >= 0.6 is 0 Å². The van der Waals surface area contributed by atoms with Crippen molar-refractivity contribution in [3.8, 4) is 0 Å². The summed E-state index contributed by atoms with van der Waals surface area (Å²) in [7, 11) is 0.